The summed E-state index contributed by atoms with van der Waals surface area (Å²) in [6.45, 7) is 3.77. The van der Waals surface area contributed by atoms with Crippen LogP contribution < -0.4 is 9.21 Å². The zero-order valence-electron chi connectivity index (χ0n) is 18.9. The molecule has 176 valence electrons. The molecule has 8 heteroatoms. The van der Waals surface area contributed by atoms with Crippen molar-refractivity contribution in [2.75, 3.05) is 35.4 Å². The minimum Gasteiger partial charge on any atom is -0.366 e. The van der Waals surface area contributed by atoms with Gasteiger partial charge in [0.05, 0.1) is 16.3 Å². The van der Waals surface area contributed by atoms with Gasteiger partial charge in [0.2, 0.25) is 0 Å². The van der Waals surface area contributed by atoms with Crippen LogP contribution >= 0.6 is 0 Å². The number of benzene rings is 3. The van der Waals surface area contributed by atoms with Gasteiger partial charge < -0.3 is 9.80 Å². The van der Waals surface area contributed by atoms with Crippen LogP contribution in [-0.2, 0) is 16.4 Å². The van der Waals surface area contributed by atoms with Gasteiger partial charge in [0.25, 0.3) is 15.9 Å². The summed E-state index contributed by atoms with van der Waals surface area (Å²) in [4.78, 5) is 16.9. The first-order chi connectivity index (χ1) is 16.4. The number of rotatable bonds is 4. The van der Waals surface area contributed by atoms with Gasteiger partial charge in [0, 0.05) is 37.8 Å². The molecule has 0 aromatic heterocycles. The second kappa shape index (κ2) is 8.76. The number of hydrogen-bond donors (Lipinski definition) is 0. The van der Waals surface area contributed by atoms with Gasteiger partial charge >= 0.3 is 0 Å². The molecule has 0 bridgehead atoms. The van der Waals surface area contributed by atoms with Gasteiger partial charge in [-0.15, -0.1) is 0 Å². The van der Waals surface area contributed by atoms with Crippen LogP contribution in [-0.4, -0.2) is 51.4 Å². The van der Waals surface area contributed by atoms with Crippen LogP contribution in [0.5, 0.6) is 0 Å². The smallest absolute Gasteiger partial charge is 0.264 e. The molecule has 3 aromatic carbocycles. The molecule has 0 unspecified atom stereocenters. The number of carbonyl (C=O) groups is 1. The average Bonchev–Trinajstić information content (AvgIpc) is 3.20. The number of carbonyl (C=O) groups excluding carboxylic acids is 1. The van der Waals surface area contributed by atoms with E-state index in [0.717, 1.165) is 5.56 Å². The quantitative estimate of drug-likeness (QED) is 0.569. The third-order valence-electron chi connectivity index (χ3n) is 6.54. The Morgan fingerprint density at radius 3 is 2.29 bits per heavy atom. The van der Waals surface area contributed by atoms with E-state index in [-0.39, 0.29) is 22.7 Å². The Kier molecular flexibility index (Phi) is 5.77. The van der Waals surface area contributed by atoms with Crippen LogP contribution in [0, 0.1) is 5.82 Å². The first-order valence-corrected chi connectivity index (χ1v) is 12.8. The molecular formula is C26H26FN3O3S. The highest BCUT2D eigenvalue weighted by Gasteiger charge is 2.36. The predicted molar refractivity (Wildman–Crippen MR) is 130 cm³/mol. The van der Waals surface area contributed by atoms with E-state index in [4.69, 9.17) is 0 Å². The summed E-state index contributed by atoms with van der Waals surface area (Å²) >= 11 is 0. The molecule has 0 radical (unpaired) electrons. The molecular weight excluding hydrogens is 453 g/mol. The average molecular weight is 480 g/mol. The van der Waals surface area contributed by atoms with Crippen molar-refractivity contribution < 1.29 is 17.6 Å². The molecule has 1 atom stereocenters. The lowest BCUT2D eigenvalue weighted by Crippen LogP contribution is -2.49. The minimum absolute atomic E-state index is 0.104. The van der Waals surface area contributed by atoms with Crippen LogP contribution in [0.25, 0.3) is 0 Å². The molecule has 0 N–H and O–H groups in total. The van der Waals surface area contributed by atoms with Gasteiger partial charge in [0.1, 0.15) is 5.82 Å². The van der Waals surface area contributed by atoms with Crippen molar-refractivity contribution in [2.45, 2.75) is 24.3 Å². The number of halogens is 1. The van der Waals surface area contributed by atoms with Crippen LogP contribution in [0.4, 0.5) is 15.8 Å². The summed E-state index contributed by atoms with van der Waals surface area (Å²) in [7, 11) is -3.82. The highest BCUT2D eigenvalue weighted by Crippen LogP contribution is 2.36. The molecule has 1 amide bonds. The lowest BCUT2D eigenvalue weighted by molar-refractivity contribution is 0.0746. The number of hydrogen-bond acceptors (Lipinski definition) is 4. The summed E-state index contributed by atoms with van der Waals surface area (Å²) in [5.74, 6) is -0.502. The SMILES string of the molecule is C[C@H]1Cc2ccccc2N1S(=O)(=O)c1cccc(C(=O)N2CCN(c3ccccc3F)CC2)c1. The summed E-state index contributed by atoms with van der Waals surface area (Å²) in [6.07, 6.45) is 0.653. The number of amides is 1. The Hall–Kier alpha value is -3.39. The molecule has 6 nitrogen and oxygen atoms in total. The Morgan fingerprint density at radius 1 is 0.882 bits per heavy atom. The van der Waals surface area contributed by atoms with Crippen molar-refractivity contribution in [3.8, 4) is 0 Å². The molecule has 0 aliphatic carbocycles. The first kappa shape index (κ1) is 22.4. The first-order valence-electron chi connectivity index (χ1n) is 11.4. The Balaban J connectivity index is 1.35. The van der Waals surface area contributed by atoms with Gasteiger partial charge in [-0.25, -0.2) is 12.8 Å². The van der Waals surface area contributed by atoms with Crippen LogP contribution in [0.3, 0.4) is 0 Å². The van der Waals surface area contributed by atoms with Crippen molar-refractivity contribution in [3.63, 3.8) is 0 Å². The molecule has 0 saturated carbocycles. The maximum Gasteiger partial charge on any atom is 0.264 e. The van der Waals surface area contributed by atoms with Crippen molar-refractivity contribution in [3.05, 3.63) is 89.7 Å². The lowest BCUT2D eigenvalue weighted by Gasteiger charge is -2.36. The fourth-order valence-corrected chi connectivity index (χ4v) is 6.59. The van der Waals surface area contributed by atoms with E-state index in [1.165, 1.54) is 22.5 Å². The van der Waals surface area contributed by atoms with E-state index in [9.17, 15) is 17.6 Å². The van der Waals surface area contributed by atoms with Gasteiger partial charge in [-0.05, 0) is 55.3 Å². The highest BCUT2D eigenvalue weighted by molar-refractivity contribution is 7.92. The number of para-hydroxylation sites is 2. The van der Waals surface area contributed by atoms with Gasteiger partial charge in [-0.1, -0.05) is 36.4 Å². The number of fused-ring (bicyclic) bond motifs is 1. The van der Waals surface area contributed by atoms with Crippen LogP contribution in [0.15, 0.2) is 77.7 Å². The zero-order chi connectivity index (χ0) is 23.9. The Bertz CT molecular complexity index is 1340. The topological polar surface area (TPSA) is 60.9 Å². The summed E-state index contributed by atoms with van der Waals surface area (Å²) < 4.78 is 42.7. The largest absolute Gasteiger partial charge is 0.366 e. The minimum atomic E-state index is -3.82. The monoisotopic (exact) mass is 479 g/mol. The maximum absolute atomic E-state index is 14.1. The third-order valence-corrected chi connectivity index (χ3v) is 8.47. The molecule has 2 aliphatic heterocycles. The summed E-state index contributed by atoms with van der Waals surface area (Å²) in [6, 6.07) is 20.2. The number of anilines is 2. The van der Waals surface area contributed by atoms with E-state index in [1.807, 2.05) is 36.1 Å². The van der Waals surface area contributed by atoms with E-state index < -0.39 is 10.0 Å². The second-order valence-electron chi connectivity index (χ2n) is 8.74. The summed E-state index contributed by atoms with van der Waals surface area (Å²) in [5, 5.41) is 0. The van der Waals surface area contributed by atoms with Crippen LogP contribution in [0.1, 0.15) is 22.8 Å². The molecule has 5 rings (SSSR count). The van der Waals surface area contributed by atoms with E-state index >= 15 is 0 Å². The van der Waals surface area contributed by atoms with Crippen LogP contribution in [0.2, 0.25) is 0 Å². The molecule has 1 saturated heterocycles. The fourth-order valence-electron chi connectivity index (χ4n) is 4.85. The number of sulfonamides is 1. The molecule has 34 heavy (non-hydrogen) atoms. The molecule has 3 aromatic rings. The van der Waals surface area contributed by atoms with Gasteiger partial charge in [-0.3, -0.25) is 9.10 Å². The van der Waals surface area contributed by atoms with Crippen molar-refractivity contribution in [2.24, 2.45) is 0 Å². The summed E-state index contributed by atoms with van der Waals surface area (Å²) in [5.41, 5.74) is 2.55. The van der Waals surface area contributed by atoms with E-state index in [1.54, 1.807) is 35.2 Å². The zero-order valence-corrected chi connectivity index (χ0v) is 19.7. The number of piperazine rings is 1. The van der Waals surface area contributed by atoms with Crippen molar-refractivity contribution in [1.29, 1.82) is 0 Å². The van der Waals surface area contributed by atoms with Crippen molar-refractivity contribution >= 4 is 27.3 Å². The van der Waals surface area contributed by atoms with E-state index in [2.05, 4.69) is 0 Å². The molecule has 2 heterocycles. The molecule has 2 aliphatic rings. The van der Waals surface area contributed by atoms with Crippen molar-refractivity contribution in [1.82, 2.24) is 4.90 Å². The molecule has 0 spiro atoms. The second-order valence-corrected chi connectivity index (χ2v) is 10.6. The highest BCUT2D eigenvalue weighted by atomic mass is 32.2. The normalized spacial score (nSPS) is 18.2. The third kappa shape index (κ3) is 3.92. The Labute approximate surface area is 199 Å². The Morgan fingerprint density at radius 2 is 1.56 bits per heavy atom. The van der Waals surface area contributed by atoms with Gasteiger partial charge in [-0.2, -0.15) is 0 Å². The molecule has 1 fully saturated rings. The maximum atomic E-state index is 14.1. The standard InChI is InChI=1S/C26H26FN3O3S/c1-19-17-20-7-2-4-11-24(20)30(19)34(32,33)22-9-6-8-21(18-22)26(31)29-15-13-28(14-16-29)25-12-5-3-10-23(25)27/h2-12,18-19H,13-17H2,1H3/t19-/m0/s1. The number of nitrogens with zero attached hydrogens (tertiary/aromatic N) is 3. The van der Waals surface area contributed by atoms with Gasteiger partial charge in [0.15, 0.2) is 0 Å². The van der Waals surface area contributed by atoms with E-state index in [0.29, 0.717) is 49.5 Å². The predicted octanol–water partition coefficient (Wildman–Crippen LogP) is 3.93. The lowest BCUT2D eigenvalue weighted by atomic mass is 10.1. The fraction of sp³-hybridized carbons (Fsp3) is 0.269.